The van der Waals surface area contributed by atoms with Gasteiger partial charge in [-0.05, 0) is 25.0 Å². The number of fused-ring (bicyclic) bond motifs is 1. The second-order valence-electron chi connectivity index (χ2n) is 6.28. The third-order valence-corrected chi connectivity index (χ3v) is 5.99. The number of morpholine rings is 1. The molecular formula is C16H23N3O4S. The normalized spacial score (nSPS) is 25.3. The molecule has 0 aliphatic carbocycles. The van der Waals surface area contributed by atoms with Crippen molar-refractivity contribution in [2.24, 2.45) is 0 Å². The summed E-state index contributed by atoms with van der Waals surface area (Å²) in [5.74, 6) is -0.109. The van der Waals surface area contributed by atoms with Crippen LogP contribution >= 0.6 is 0 Å². The Kier molecular flexibility index (Phi) is 4.89. The van der Waals surface area contributed by atoms with E-state index < -0.39 is 10.0 Å². The first-order chi connectivity index (χ1) is 11.4. The van der Waals surface area contributed by atoms with Crippen LogP contribution in [0.2, 0.25) is 0 Å². The molecule has 7 nitrogen and oxygen atoms in total. The van der Waals surface area contributed by atoms with E-state index in [9.17, 15) is 13.2 Å². The first-order valence-electron chi connectivity index (χ1n) is 8.22. The summed E-state index contributed by atoms with van der Waals surface area (Å²) in [5, 5.41) is 0. The van der Waals surface area contributed by atoms with Crippen molar-refractivity contribution >= 4 is 15.9 Å². The fourth-order valence-electron chi connectivity index (χ4n) is 3.38. The molecule has 0 spiro atoms. The van der Waals surface area contributed by atoms with Gasteiger partial charge in [0.1, 0.15) is 0 Å². The van der Waals surface area contributed by atoms with Crippen molar-refractivity contribution in [3.63, 3.8) is 0 Å². The molecule has 2 aliphatic rings. The predicted octanol–water partition coefficient (Wildman–Crippen LogP) is 0.519. The van der Waals surface area contributed by atoms with E-state index in [4.69, 9.17) is 4.74 Å². The van der Waals surface area contributed by atoms with Crippen LogP contribution in [0.1, 0.15) is 29.4 Å². The quantitative estimate of drug-likeness (QED) is 0.791. The van der Waals surface area contributed by atoms with Crippen LogP contribution in [-0.4, -0.2) is 73.2 Å². The van der Waals surface area contributed by atoms with Gasteiger partial charge in [-0.2, -0.15) is 4.31 Å². The summed E-state index contributed by atoms with van der Waals surface area (Å²) in [6.45, 7) is 3.68. The molecule has 2 aliphatic heterocycles. The van der Waals surface area contributed by atoms with E-state index in [-0.39, 0.29) is 18.1 Å². The van der Waals surface area contributed by atoms with Crippen LogP contribution < -0.4 is 0 Å². The number of pyridine rings is 1. The molecule has 1 amide bonds. The van der Waals surface area contributed by atoms with Gasteiger partial charge in [-0.3, -0.25) is 9.78 Å². The van der Waals surface area contributed by atoms with E-state index in [0.29, 0.717) is 38.2 Å². The second-order valence-corrected chi connectivity index (χ2v) is 8.22. The lowest BCUT2D eigenvalue weighted by Gasteiger charge is -2.45. The first-order valence-corrected chi connectivity index (χ1v) is 10.1. The number of nitrogens with zero attached hydrogens (tertiary/aromatic N) is 3. The Labute approximate surface area is 142 Å². The fourth-order valence-corrected chi connectivity index (χ4v) is 4.48. The van der Waals surface area contributed by atoms with Crippen LogP contribution in [0.3, 0.4) is 0 Å². The molecule has 1 aromatic heterocycles. The number of aryl methyl sites for hydroxylation is 1. The minimum absolute atomic E-state index is 0.109. The summed E-state index contributed by atoms with van der Waals surface area (Å²) in [4.78, 5) is 18.7. The number of hydrogen-bond acceptors (Lipinski definition) is 5. The topological polar surface area (TPSA) is 79.8 Å². The van der Waals surface area contributed by atoms with Crippen LogP contribution in [-0.2, 0) is 21.2 Å². The van der Waals surface area contributed by atoms with Gasteiger partial charge in [-0.25, -0.2) is 8.42 Å². The smallest absolute Gasteiger partial charge is 0.255 e. The van der Waals surface area contributed by atoms with Crippen molar-refractivity contribution in [3.05, 3.63) is 29.6 Å². The van der Waals surface area contributed by atoms with E-state index in [2.05, 4.69) is 4.98 Å². The van der Waals surface area contributed by atoms with Crippen LogP contribution in [0.4, 0.5) is 0 Å². The molecule has 2 atom stereocenters. The number of likely N-dealkylation sites (tertiary alicyclic amines) is 1. The monoisotopic (exact) mass is 353 g/mol. The molecule has 24 heavy (non-hydrogen) atoms. The van der Waals surface area contributed by atoms with Crippen LogP contribution in [0.15, 0.2) is 18.3 Å². The standard InChI is InChI=1S/C16H23N3O4S/c1-3-13-5-4-12(10-17-13)16(20)18-7-6-15-14(11-18)19(8-9-23-15)24(2,21)22/h4-5,10,14-15H,3,6-9,11H2,1-2H3/t14-,15-/m0/s1. The number of sulfonamides is 1. The molecule has 0 radical (unpaired) electrons. The van der Waals surface area contributed by atoms with E-state index in [1.807, 2.05) is 13.0 Å². The third-order valence-electron chi connectivity index (χ3n) is 4.68. The Morgan fingerprint density at radius 2 is 2.17 bits per heavy atom. The predicted molar refractivity (Wildman–Crippen MR) is 89.2 cm³/mol. The number of carbonyl (C=O) groups excluding carboxylic acids is 1. The lowest BCUT2D eigenvalue weighted by molar-refractivity contribution is -0.0704. The van der Waals surface area contributed by atoms with Gasteiger partial charge in [-0.15, -0.1) is 0 Å². The number of hydrogen-bond donors (Lipinski definition) is 0. The van der Waals surface area contributed by atoms with Gasteiger partial charge in [0, 0.05) is 31.5 Å². The Bertz CT molecular complexity index is 705. The number of carbonyl (C=O) groups is 1. The largest absolute Gasteiger partial charge is 0.375 e. The third kappa shape index (κ3) is 3.45. The average Bonchev–Trinajstić information content (AvgIpc) is 2.59. The molecule has 3 rings (SSSR count). The Morgan fingerprint density at radius 1 is 1.38 bits per heavy atom. The molecule has 2 fully saturated rings. The Hall–Kier alpha value is -1.51. The van der Waals surface area contributed by atoms with Crippen LogP contribution in [0, 0.1) is 0 Å². The Balaban J connectivity index is 1.76. The summed E-state index contributed by atoms with van der Waals surface area (Å²) in [7, 11) is -3.32. The van der Waals surface area contributed by atoms with Gasteiger partial charge in [0.2, 0.25) is 10.0 Å². The van der Waals surface area contributed by atoms with E-state index in [1.54, 1.807) is 17.2 Å². The molecule has 0 bridgehead atoms. The maximum absolute atomic E-state index is 12.7. The van der Waals surface area contributed by atoms with E-state index in [1.165, 1.54) is 10.6 Å². The summed E-state index contributed by atoms with van der Waals surface area (Å²) in [5.41, 5.74) is 1.47. The molecule has 3 heterocycles. The molecule has 0 N–H and O–H groups in total. The lowest BCUT2D eigenvalue weighted by atomic mass is 10.00. The molecule has 2 saturated heterocycles. The number of piperidine rings is 1. The molecule has 0 unspecified atom stereocenters. The van der Waals surface area contributed by atoms with Crippen molar-refractivity contribution < 1.29 is 17.9 Å². The van der Waals surface area contributed by atoms with Crippen molar-refractivity contribution in [2.45, 2.75) is 31.9 Å². The SMILES string of the molecule is CCc1ccc(C(=O)N2CC[C@@H]3OCCN(S(C)(=O)=O)[C@H]3C2)cn1. The maximum Gasteiger partial charge on any atom is 0.255 e. The average molecular weight is 353 g/mol. The highest BCUT2D eigenvalue weighted by Crippen LogP contribution is 2.25. The first kappa shape index (κ1) is 17.3. The highest BCUT2D eigenvalue weighted by molar-refractivity contribution is 7.88. The number of amides is 1. The zero-order valence-electron chi connectivity index (χ0n) is 14.0. The summed E-state index contributed by atoms with van der Waals surface area (Å²) in [6.07, 6.45) is 4.13. The molecule has 0 saturated carbocycles. The lowest BCUT2D eigenvalue weighted by Crippen LogP contribution is -2.61. The van der Waals surface area contributed by atoms with Crippen molar-refractivity contribution in [3.8, 4) is 0 Å². The summed E-state index contributed by atoms with van der Waals surface area (Å²) < 4.78 is 31.2. The highest BCUT2D eigenvalue weighted by Gasteiger charge is 2.42. The number of rotatable bonds is 3. The molecule has 8 heteroatoms. The zero-order valence-corrected chi connectivity index (χ0v) is 14.8. The van der Waals surface area contributed by atoms with Gasteiger partial charge < -0.3 is 9.64 Å². The fraction of sp³-hybridized carbons (Fsp3) is 0.625. The van der Waals surface area contributed by atoms with Gasteiger partial charge in [-0.1, -0.05) is 6.92 Å². The van der Waals surface area contributed by atoms with Crippen molar-refractivity contribution in [2.75, 3.05) is 32.5 Å². The van der Waals surface area contributed by atoms with E-state index in [0.717, 1.165) is 12.1 Å². The molecule has 132 valence electrons. The Morgan fingerprint density at radius 3 is 2.79 bits per heavy atom. The van der Waals surface area contributed by atoms with Gasteiger partial charge in [0.15, 0.2) is 0 Å². The zero-order chi connectivity index (χ0) is 17.3. The minimum Gasteiger partial charge on any atom is -0.375 e. The summed E-state index contributed by atoms with van der Waals surface area (Å²) in [6, 6.07) is 3.33. The van der Waals surface area contributed by atoms with Crippen molar-refractivity contribution in [1.29, 1.82) is 0 Å². The number of aromatic nitrogens is 1. The molecule has 1 aromatic rings. The van der Waals surface area contributed by atoms with Crippen molar-refractivity contribution in [1.82, 2.24) is 14.2 Å². The molecule has 0 aromatic carbocycles. The van der Waals surface area contributed by atoms with Crippen LogP contribution in [0.5, 0.6) is 0 Å². The summed E-state index contributed by atoms with van der Waals surface area (Å²) >= 11 is 0. The van der Waals surface area contributed by atoms with Gasteiger partial charge >= 0.3 is 0 Å². The van der Waals surface area contributed by atoms with Gasteiger partial charge in [0.25, 0.3) is 5.91 Å². The molecular weight excluding hydrogens is 330 g/mol. The van der Waals surface area contributed by atoms with Crippen LogP contribution in [0.25, 0.3) is 0 Å². The minimum atomic E-state index is -3.32. The van der Waals surface area contributed by atoms with E-state index >= 15 is 0 Å². The maximum atomic E-state index is 12.7. The second kappa shape index (κ2) is 6.78. The van der Waals surface area contributed by atoms with Gasteiger partial charge in [0.05, 0.1) is 30.6 Å². The highest BCUT2D eigenvalue weighted by atomic mass is 32.2. The number of ether oxygens (including phenoxy) is 1.